The van der Waals surface area contributed by atoms with E-state index in [9.17, 15) is 0 Å². The van der Waals surface area contributed by atoms with E-state index in [1.54, 1.807) is 30.5 Å². The summed E-state index contributed by atoms with van der Waals surface area (Å²) in [7, 11) is 22.9. The Hall–Kier alpha value is -2.00. The quantitative estimate of drug-likeness (QED) is 0.203. The summed E-state index contributed by atoms with van der Waals surface area (Å²) in [6.45, 7) is 7.74. The molecule has 0 saturated heterocycles. The van der Waals surface area contributed by atoms with Crippen molar-refractivity contribution >= 4 is 87.6 Å². The molecule has 3 N–H and O–H groups in total. The number of pyridine rings is 5. The second-order valence-electron chi connectivity index (χ2n) is 7.94. The van der Waals surface area contributed by atoms with Crippen molar-refractivity contribution in [3.63, 3.8) is 0 Å². The summed E-state index contributed by atoms with van der Waals surface area (Å²) in [6.07, 6.45) is 3.46. The Labute approximate surface area is 310 Å². The van der Waals surface area contributed by atoms with Crippen LogP contribution in [-0.4, -0.2) is 56.9 Å². The maximum atomic E-state index is 7.21. The van der Waals surface area contributed by atoms with Gasteiger partial charge in [0.05, 0.1) is 5.48 Å². The summed E-state index contributed by atoms with van der Waals surface area (Å²) in [4.78, 5) is 19.4. The number of nitrogens with zero attached hydrogens (tertiary/aromatic N) is 5. The molecule has 5 aromatic rings. The van der Waals surface area contributed by atoms with Gasteiger partial charge in [0, 0.05) is 72.0 Å². The first-order valence-electron chi connectivity index (χ1n) is 14.2. The number of hydrogen-bond donors (Lipinski definition) is 2. The van der Waals surface area contributed by atoms with Crippen LogP contribution in [-0.2, 0) is 32.7 Å². The first-order valence-corrected chi connectivity index (χ1v) is 15.4. The van der Waals surface area contributed by atoms with Crippen LogP contribution in [0.1, 0.15) is 31.0 Å². The third-order valence-corrected chi connectivity index (χ3v) is 4.49. The first kappa shape index (κ1) is 38.2. The van der Waals surface area contributed by atoms with E-state index in [4.69, 9.17) is 34.8 Å². The van der Waals surface area contributed by atoms with Gasteiger partial charge < -0.3 is 12.2 Å². The number of hydrogen-bond acceptors (Lipinski definition) is 7. The van der Waals surface area contributed by atoms with Crippen molar-refractivity contribution in [1.82, 2.24) is 24.9 Å². The summed E-state index contributed by atoms with van der Waals surface area (Å²) >= 11 is 0. The molecule has 0 spiro atoms. The monoisotopic (exact) mass is 717 g/mol. The molecule has 0 aliphatic heterocycles. The predicted molar refractivity (Wildman–Crippen MR) is 202 cm³/mol. The number of anilines is 2. The van der Waals surface area contributed by atoms with Gasteiger partial charge in [-0.1, -0.05) is 42.4 Å². The Balaban J connectivity index is -0.000000164. The van der Waals surface area contributed by atoms with Crippen molar-refractivity contribution in [2.75, 3.05) is 10.8 Å². The molecule has 0 fully saturated rings. The largest absolute Gasteiger partial charge is 1.00 e. The fourth-order valence-corrected chi connectivity index (χ4v) is 2.66. The molecule has 0 saturated carbocycles. The van der Waals surface area contributed by atoms with Crippen molar-refractivity contribution in [3.05, 3.63) is 120 Å². The molecule has 0 bridgehead atoms. The molecular weight excluding hydrogens is 671 g/mol. The Morgan fingerprint density at radius 3 is 1.64 bits per heavy atom. The van der Waals surface area contributed by atoms with Gasteiger partial charge in [0.2, 0.25) is 0 Å². The van der Waals surface area contributed by atoms with Gasteiger partial charge in [0.25, 0.3) is 0 Å². The molecule has 5 aromatic heterocycles. The molecule has 0 aliphatic carbocycles. The van der Waals surface area contributed by atoms with Crippen LogP contribution in [0.2, 0.25) is 0 Å². The maximum absolute atomic E-state index is 7.21. The molecular formula is C29H40B4N7P3Y-. The number of rotatable bonds is 1. The van der Waals surface area contributed by atoms with Gasteiger partial charge in [-0.05, 0) is 102 Å². The summed E-state index contributed by atoms with van der Waals surface area (Å²) in [6, 6.07) is 18.2. The molecule has 0 aliphatic rings. The second kappa shape index (κ2) is 29.7. The molecule has 0 aromatic carbocycles. The summed E-state index contributed by atoms with van der Waals surface area (Å²) in [5, 5.41) is 2.71. The molecule has 5 rings (SSSR count). The van der Waals surface area contributed by atoms with Crippen LogP contribution in [0.4, 0.5) is 11.6 Å². The average Bonchev–Trinajstić information content (AvgIpc) is 2.93. The van der Waals surface area contributed by atoms with Crippen LogP contribution < -0.4 is 27.6 Å². The molecule has 10 radical (unpaired) electrons. The summed E-state index contributed by atoms with van der Waals surface area (Å²) in [5.74, 6) is 0.884. The van der Waals surface area contributed by atoms with Gasteiger partial charge in [-0.2, -0.15) is 0 Å². The minimum absolute atomic E-state index is 0. The van der Waals surface area contributed by atoms with Crippen molar-refractivity contribution in [3.8, 4) is 0 Å². The number of aryl methyl sites for hydroxylation is 4. The number of nitrogen functional groups attached to an aromatic ring is 1. The summed E-state index contributed by atoms with van der Waals surface area (Å²) < 4.78 is 28.5. The van der Waals surface area contributed by atoms with E-state index < -0.39 is 0 Å². The molecule has 5 heterocycles. The van der Waals surface area contributed by atoms with Gasteiger partial charge in [0.15, 0.2) is 0 Å². The third-order valence-electron chi connectivity index (χ3n) is 4.19. The minimum Gasteiger partial charge on any atom is -1.00 e. The zero-order valence-corrected chi connectivity index (χ0v) is 31.7. The van der Waals surface area contributed by atoms with E-state index in [0.717, 1.165) is 17.1 Å². The van der Waals surface area contributed by atoms with E-state index >= 15 is 0 Å². The van der Waals surface area contributed by atoms with E-state index in [2.05, 4.69) is 70.2 Å². The topological polar surface area (TPSA) is 102 Å². The second-order valence-corrected chi connectivity index (χ2v) is 8.23. The average molecular weight is 717 g/mol. The SMILES string of the molecule is Cc1ccnc(C)c1.PP.[2HH].[2H]c1cc([B])nc(C)c1.[2H]c1cc([B])nc(N)c1.[2H]c1cc([B])nc(NP)c1.[2H]c1ccnc(C)c1.[B].[H-].[Y]. The van der Waals surface area contributed by atoms with Crippen molar-refractivity contribution in [2.24, 2.45) is 0 Å². The zero-order chi connectivity index (χ0) is 35.2. The van der Waals surface area contributed by atoms with Gasteiger partial charge in [-0.15, -0.1) is 17.9 Å². The normalized spacial score (nSPS) is 9.61. The maximum Gasteiger partial charge on any atom is 0.141 e. The predicted octanol–water partition coefficient (Wildman–Crippen LogP) is 3.43. The van der Waals surface area contributed by atoms with Crippen molar-refractivity contribution in [2.45, 2.75) is 27.7 Å². The fraction of sp³-hybridized carbons (Fsp3) is 0.138. The standard InChI is InChI=1S/C7H9N.C6H6BN.C6H7N.C5H6BN2P.C5H5BN2.B.H4P2.Y.H2.H/c1-6-3-4-8-7(2)5-6;1-5-3-2-4-6(7)8-5;1-6-4-2-3-5-7-6;6-4-2-1-3-5(7-4)8-9;6-4-2-1-3-5(7)8-4;;1-2;;;/h3-5H,1-2H3;2-4H,1H3;2-5H,1H3;1-3H,9H2,(H,7,8);1-3H,(H2,7,8);;1-2H2;;1H;/q;;;;;;;;;-1/i;2*2D;2*1D;;;;1+1;. The molecule has 44 heavy (non-hydrogen) atoms. The van der Waals surface area contributed by atoms with Gasteiger partial charge >= 0.3 is 0 Å². The van der Waals surface area contributed by atoms with Crippen molar-refractivity contribution < 1.29 is 41.0 Å². The van der Waals surface area contributed by atoms with E-state index in [1.807, 2.05) is 33.0 Å². The van der Waals surface area contributed by atoms with E-state index in [1.165, 1.54) is 29.8 Å². The Kier molecular flexibility index (Phi) is 25.8. The van der Waals surface area contributed by atoms with Crippen LogP contribution in [0.25, 0.3) is 0 Å². The van der Waals surface area contributed by atoms with Gasteiger partial charge in [-0.3, -0.25) is 15.0 Å². The van der Waals surface area contributed by atoms with Gasteiger partial charge in [-0.25, -0.2) is 9.97 Å². The van der Waals surface area contributed by atoms with E-state index in [-0.39, 0.29) is 44.0 Å². The number of nitrogens with two attached hydrogens (primary N) is 1. The Morgan fingerprint density at radius 2 is 1.25 bits per heavy atom. The molecule has 222 valence electrons. The minimum atomic E-state index is 0. The number of aromatic nitrogens is 5. The van der Waals surface area contributed by atoms with Crippen LogP contribution >= 0.6 is 27.2 Å². The smallest absolute Gasteiger partial charge is 0.141 e. The van der Waals surface area contributed by atoms with Crippen LogP contribution in [0.15, 0.2) is 97.2 Å². The molecule has 15 heteroatoms. The molecule has 3 atom stereocenters. The molecule has 3 unspecified atom stereocenters. The third kappa shape index (κ3) is 26.4. The van der Waals surface area contributed by atoms with Crippen LogP contribution in [0, 0.1) is 27.7 Å². The van der Waals surface area contributed by atoms with Crippen LogP contribution in [0.5, 0.6) is 0 Å². The van der Waals surface area contributed by atoms with Crippen molar-refractivity contribution in [1.29, 1.82) is 0 Å². The summed E-state index contributed by atoms with van der Waals surface area (Å²) in [5.41, 5.74) is 10.4. The zero-order valence-electron chi connectivity index (χ0n) is 30.4. The van der Waals surface area contributed by atoms with Gasteiger partial charge in [0.1, 0.15) is 35.2 Å². The Bertz CT molecular complexity index is 1400. The molecule has 0 amide bonds. The van der Waals surface area contributed by atoms with Crippen LogP contribution in [0.3, 0.4) is 0 Å². The Morgan fingerprint density at radius 1 is 0.727 bits per heavy atom. The number of nitrogens with one attached hydrogen (secondary N) is 1. The fourth-order valence-electron chi connectivity index (χ4n) is 2.52. The molecule has 7 nitrogen and oxygen atoms in total. The first-order chi connectivity index (χ1) is 21.7. The van der Waals surface area contributed by atoms with E-state index in [0.29, 0.717) is 52.6 Å².